The van der Waals surface area contributed by atoms with E-state index in [0.717, 1.165) is 38.4 Å². The number of carboxylic acids is 1. The molecule has 1 aliphatic heterocycles. The van der Waals surface area contributed by atoms with Gasteiger partial charge in [0.15, 0.2) is 0 Å². The molecule has 0 bridgehead atoms. The predicted octanol–water partition coefficient (Wildman–Crippen LogP) is 3.40. The maximum Gasteiger partial charge on any atom is 0.303 e. The van der Waals surface area contributed by atoms with Crippen LogP contribution in [-0.2, 0) is 4.79 Å². The number of piperazine rings is 1. The number of carboxylic acid groups (broad SMARTS) is 1. The summed E-state index contributed by atoms with van der Waals surface area (Å²) in [6, 6.07) is 5.67. The summed E-state index contributed by atoms with van der Waals surface area (Å²) in [5.41, 5.74) is 0.976. The van der Waals surface area contributed by atoms with Crippen LogP contribution >= 0.6 is 35.6 Å². The zero-order valence-electron chi connectivity index (χ0n) is 11.6. The van der Waals surface area contributed by atoms with Crippen molar-refractivity contribution in [2.24, 2.45) is 0 Å². The van der Waals surface area contributed by atoms with Crippen molar-refractivity contribution in [3.63, 3.8) is 0 Å². The third-order valence-corrected chi connectivity index (χ3v) is 4.32. The molecule has 0 unspecified atom stereocenters. The average molecular weight is 354 g/mol. The number of hydrogen-bond acceptors (Lipinski definition) is 3. The van der Waals surface area contributed by atoms with E-state index in [1.54, 1.807) is 6.07 Å². The minimum Gasteiger partial charge on any atom is -0.481 e. The zero-order chi connectivity index (χ0) is 14.5. The molecular formula is C14H19Cl3N2O2. The Hall–Kier alpha value is -0.680. The average Bonchev–Trinajstić information content (AvgIpc) is 2.42. The topological polar surface area (TPSA) is 43.8 Å². The highest BCUT2D eigenvalue weighted by atomic mass is 35.5. The second kappa shape index (κ2) is 8.69. The van der Waals surface area contributed by atoms with Gasteiger partial charge in [-0.25, -0.2) is 0 Å². The summed E-state index contributed by atoms with van der Waals surface area (Å²) in [6.07, 6.45) is 0.938. The van der Waals surface area contributed by atoms with Gasteiger partial charge in [-0.15, -0.1) is 12.4 Å². The third-order valence-electron chi connectivity index (χ3n) is 3.51. The molecule has 1 saturated heterocycles. The summed E-state index contributed by atoms with van der Waals surface area (Å²) in [6.45, 7) is 4.44. The van der Waals surface area contributed by atoms with Gasteiger partial charge in [-0.2, -0.15) is 0 Å². The van der Waals surface area contributed by atoms with Crippen molar-refractivity contribution in [1.29, 1.82) is 0 Å². The summed E-state index contributed by atoms with van der Waals surface area (Å²) in [5.74, 6) is -0.727. The number of halogens is 3. The van der Waals surface area contributed by atoms with Crippen molar-refractivity contribution in [2.45, 2.75) is 12.8 Å². The van der Waals surface area contributed by atoms with Gasteiger partial charge < -0.3 is 10.0 Å². The van der Waals surface area contributed by atoms with E-state index in [9.17, 15) is 4.79 Å². The molecule has 4 nitrogen and oxygen atoms in total. The van der Waals surface area contributed by atoms with Crippen molar-refractivity contribution >= 4 is 47.3 Å². The smallest absolute Gasteiger partial charge is 0.303 e. The maximum absolute atomic E-state index is 10.5. The van der Waals surface area contributed by atoms with Gasteiger partial charge in [0.2, 0.25) is 0 Å². The number of carbonyl (C=O) groups is 1. The van der Waals surface area contributed by atoms with Crippen molar-refractivity contribution in [2.75, 3.05) is 37.6 Å². The quantitative estimate of drug-likeness (QED) is 0.881. The molecule has 2 rings (SSSR count). The van der Waals surface area contributed by atoms with Gasteiger partial charge in [0.05, 0.1) is 15.7 Å². The monoisotopic (exact) mass is 352 g/mol. The number of hydrogen-bond donors (Lipinski definition) is 1. The highest BCUT2D eigenvalue weighted by molar-refractivity contribution is 6.43. The molecule has 21 heavy (non-hydrogen) atoms. The van der Waals surface area contributed by atoms with Crippen LogP contribution in [0.1, 0.15) is 12.8 Å². The number of aliphatic carboxylic acids is 1. The van der Waals surface area contributed by atoms with Crippen LogP contribution in [0, 0.1) is 0 Å². The second-order valence-electron chi connectivity index (χ2n) is 4.90. The minimum absolute atomic E-state index is 0. The van der Waals surface area contributed by atoms with Crippen molar-refractivity contribution in [3.05, 3.63) is 28.2 Å². The Morgan fingerprint density at radius 2 is 1.86 bits per heavy atom. The zero-order valence-corrected chi connectivity index (χ0v) is 13.9. The summed E-state index contributed by atoms with van der Waals surface area (Å²) in [7, 11) is 0. The molecule has 0 aromatic heterocycles. The molecular weight excluding hydrogens is 335 g/mol. The molecule has 0 saturated carbocycles. The van der Waals surface area contributed by atoms with Crippen LogP contribution in [0.15, 0.2) is 18.2 Å². The highest BCUT2D eigenvalue weighted by Gasteiger charge is 2.19. The standard InChI is InChI=1S/C14H18Cl2N2O2.ClH/c15-11-3-1-4-12(14(11)16)18-9-7-17(8-10-18)6-2-5-13(19)20;/h1,3-4H,2,5-10H2,(H,19,20);1H. The molecule has 0 radical (unpaired) electrons. The van der Waals surface area contributed by atoms with Crippen molar-refractivity contribution in [3.8, 4) is 0 Å². The summed E-state index contributed by atoms with van der Waals surface area (Å²) < 4.78 is 0. The molecule has 0 amide bonds. The molecule has 0 spiro atoms. The van der Waals surface area contributed by atoms with Crippen LogP contribution in [-0.4, -0.2) is 48.7 Å². The first kappa shape index (κ1) is 18.4. The molecule has 1 heterocycles. The lowest BCUT2D eigenvalue weighted by atomic mass is 10.2. The Labute approximate surface area is 141 Å². The summed E-state index contributed by atoms with van der Waals surface area (Å²) in [4.78, 5) is 15.0. The Morgan fingerprint density at radius 1 is 1.19 bits per heavy atom. The maximum atomic E-state index is 10.5. The first-order chi connectivity index (χ1) is 9.58. The van der Waals surface area contributed by atoms with E-state index in [1.807, 2.05) is 12.1 Å². The normalized spacial score (nSPS) is 15.6. The van der Waals surface area contributed by atoms with Gasteiger partial charge in [0.25, 0.3) is 0 Å². The van der Waals surface area contributed by atoms with Crippen LogP contribution < -0.4 is 4.90 Å². The van der Waals surface area contributed by atoms with Gasteiger partial charge >= 0.3 is 5.97 Å². The molecule has 1 aromatic rings. The number of rotatable bonds is 5. The van der Waals surface area contributed by atoms with E-state index in [4.69, 9.17) is 28.3 Å². The Morgan fingerprint density at radius 3 is 2.48 bits per heavy atom. The first-order valence-electron chi connectivity index (χ1n) is 6.71. The molecule has 1 aliphatic rings. The van der Waals surface area contributed by atoms with Gasteiger partial charge in [0, 0.05) is 32.6 Å². The minimum atomic E-state index is -0.727. The van der Waals surface area contributed by atoms with Crippen molar-refractivity contribution in [1.82, 2.24) is 4.90 Å². The van der Waals surface area contributed by atoms with Gasteiger partial charge in [-0.1, -0.05) is 29.3 Å². The molecule has 1 N–H and O–H groups in total. The van der Waals surface area contributed by atoms with E-state index in [2.05, 4.69) is 9.80 Å². The summed E-state index contributed by atoms with van der Waals surface area (Å²) in [5, 5.41) is 9.82. The Bertz CT molecular complexity index is 477. The van der Waals surface area contributed by atoms with Crippen LogP contribution in [0.2, 0.25) is 10.0 Å². The SMILES string of the molecule is Cl.O=C(O)CCCN1CCN(c2cccc(Cl)c2Cl)CC1. The lowest BCUT2D eigenvalue weighted by Gasteiger charge is -2.36. The van der Waals surface area contributed by atoms with Gasteiger partial charge in [-0.3, -0.25) is 9.69 Å². The fourth-order valence-electron chi connectivity index (χ4n) is 2.40. The largest absolute Gasteiger partial charge is 0.481 e. The number of anilines is 1. The van der Waals surface area contributed by atoms with Crippen molar-refractivity contribution < 1.29 is 9.90 Å². The van der Waals surface area contributed by atoms with E-state index in [1.165, 1.54) is 0 Å². The molecule has 7 heteroatoms. The number of nitrogens with zero attached hydrogens (tertiary/aromatic N) is 2. The lowest BCUT2D eigenvalue weighted by Crippen LogP contribution is -2.46. The Balaban J connectivity index is 0.00000220. The summed E-state index contributed by atoms with van der Waals surface area (Å²) >= 11 is 12.3. The molecule has 0 atom stereocenters. The first-order valence-corrected chi connectivity index (χ1v) is 7.46. The number of benzene rings is 1. The third kappa shape index (κ3) is 5.22. The molecule has 0 aliphatic carbocycles. The van der Waals surface area contributed by atoms with E-state index < -0.39 is 5.97 Å². The van der Waals surface area contributed by atoms with Crippen LogP contribution in [0.25, 0.3) is 0 Å². The molecule has 1 fully saturated rings. The van der Waals surface area contributed by atoms with E-state index in [-0.39, 0.29) is 18.8 Å². The predicted molar refractivity (Wildman–Crippen MR) is 89.2 cm³/mol. The highest BCUT2D eigenvalue weighted by Crippen LogP contribution is 2.32. The Kier molecular flexibility index (Phi) is 7.60. The van der Waals surface area contributed by atoms with Crippen LogP contribution in [0.5, 0.6) is 0 Å². The lowest BCUT2D eigenvalue weighted by molar-refractivity contribution is -0.137. The van der Waals surface area contributed by atoms with Gasteiger partial charge in [0.1, 0.15) is 0 Å². The second-order valence-corrected chi connectivity index (χ2v) is 5.68. The van der Waals surface area contributed by atoms with Crippen LogP contribution in [0.4, 0.5) is 5.69 Å². The van der Waals surface area contributed by atoms with Gasteiger partial charge in [-0.05, 0) is 25.1 Å². The fourth-order valence-corrected chi connectivity index (χ4v) is 2.82. The molecule has 1 aromatic carbocycles. The fraction of sp³-hybridized carbons (Fsp3) is 0.500. The van der Waals surface area contributed by atoms with Crippen LogP contribution in [0.3, 0.4) is 0 Å². The van der Waals surface area contributed by atoms with E-state index >= 15 is 0 Å². The van der Waals surface area contributed by atoms with E-state index in [0.29, 0.717) is 16.5 Å². The molecule has 118 valence electrons.